The van der Waals surface area contributed by atoms with Gasteiger partial charge in [-0.05, 0) is 42.8 Å². The Kier molecular flexibility index (Phi) is 5.48. The number of ether oxygens (including phenoxy) is 2. The summed E-state index contributed by atoms with van der Waals surface area (Å²) in [6.45, 7) is 2.47. The van der Waals surface area contributed by atoms with Crippen LogP contribution in [-0.4, -0.2) is 30.8 Å². The third kappa shape index (κ3) is 4.05. The molecule has 6 heteroatoms. The molecule has 0 unspecified atom stereocenters. The lowest BCUT2D eigenvalue weighted by Crippen LogP contribution is -2.17. The summed E-state index contributed by atoms with van der Waals surface area (Å²) in [6.07, 6.45) is 4.64. The zero-order chi connectivity index (χ0) is 15.8. The SMILES string of the molecule is CCOc1ccc(C=NNC(=O)c2ccncc2)cc1OC. The van der Waals surface area contributed by atoms with Gasteiger partial charge in [-0.1, -0.05) is 0 Å². The number of nitrogens with one attached hydrogen (secondary N) is 1. The average molecular weight is 299 g/mol. The smallest absolute Gasteiger partial charge is 0.271 e. The van der Waals surface area contributed by atoms with Crippen LogP contribution >= 0.6 is 0 Å². The summed E-state index contributed by atoms with van der Waals surface area (Å²) in [5.74, 6) is 0.991. The normalized spacial score (nSPS) is 10.5. The predicted molar refractivity (Wildman–Crippen MR) is 83.5 cm³/mol. The maximum Gasteiger partial charge on any atom is 0.271 e. The Balaban J connectivity index is 2.02. The lowest BCUT2D eigenvalue weighted by atomic mass is 10.2. The Hall–Kier alpha value is -2.89. The molecule has 0 saturated heterocycles. The molecule has 0 saturated carbocycles. The van der Waals surface area contributed by atoms with Crippen molar-refractivity contribution in [2.45, 2.75) is 6.92 Å². The number of carbonyl (C=O) groups is 1. The molecule has 1 aromatic heterocycles. The molecule has 0 atom stereocenters. The molecule has 0 aliphatic rings. The van der Waals surface area contributed by atoms with Crippen LogP contribution in [0.5, 0.6) is 11.5 Å². The van der Waals surface area contributed by atoms with Crippen molar-refractivity contribution in [2.24, 2.45) is 5.10 Å². The number of pyridine rings is 1. The van der Waals surface area contributed by atoms with Crippen molar-refractivity contribution in [3.05, 3.63) is 53.9 Å². The van der Waals surface area contributed by atoms with Crippen LogP contribution in [0.2, 0.25) is 0 Å². The van der Waals surface area contributed by atoms with E-state index in [0.717, 1.165) is 5.56 Å². The number of hydrazone groups is 1. The molecular weight excluding hydrogens is 282 g/mol. The number of hydrogen-bond acceptors (Lipinski definition) is 5. The molecule has 2 aromatic rings. The van der Waals surface area contributed by atoms with Gasteiger partial charge in [-0.3, -0.25) is 9.78 Å². The van der Waals surface area contributed by atoms with E-state index in [0.29, 0.717) is 23.7 Å². The first-order valence-corrected chi connectivity index (χ1v) is 6.79. The average Bonchev–Trinajstić information content (AvgIpc) is 2.57. The molecule has 2 rings (SSSR count). The zero-order valence-corrected chi connectivity index (χ0v) is 12.4. The van der Waals surface area contributed by atoms with E-state index in [-0.39, 0.29) is 5.91 Å². The van der Waals surface area contributed by atoms with E-state index in [4.69, 9.17) is 9.47 Å². The van der Waals surface area contributed by atoms with Gasteiger partial charge >= 0.3 is 0 Å². The minimum Gasteiger partial charge on any atom is -0.493 e. The van der Waals surface area contributed by atoms with Crippen molar-refractivity contribution in [3.8, 4) is 11.5 Å². The Morgan fingerprint density at radius 3 is 2.73 bits per heavy atom. The summed E-state index contributed by atoms with van der Waals surface area (Å²) in [4.78, 5) is 15.7. The number of carbonyl (C=O) groups excluding carboxylic acids is 1. The second-order valence-electron chi connectivity index (χ2n) is 4.28. The Morgan fingerprint density at radius 1 is 1.27 bits per heavy atom. The lowest BCUT2D eigenvalue weighted by molar-refractivity contribution is 0.0955. The number of amides is 1. The van der Waals surface area contributed by atoms with Crippen LogP contribution in [0, 0.1) is 0 Å². The van der Waals surface area contributed by atoms with Crippen molar-refractivity contribution in [3.63, 3.8) is 0 Å². The summed E-state index contributed by atoms with van der Waals surface area (Å²) >= 11 is 0. The number of aromatic nitrogens is 1. The molecule has 1 amide bonds. The fraction of sp³-hybridized carbons (Fsp3) is 0.188. The van der Waals surface area contributed by atoms with E-state index in [1.54, 1.807) is 43.8 Å². The molecule has 0 aliphatic heterocycles. The van der Waals surface area contributed by atoms with Gasteiger partial charge in [-0.15, -0.1) is 0 Å². The molecule has 0 spiro atoms. The van der Waals surface area contributed by atoms with Gasteiger partial charge in [0.2, 0.25) is 0 Å². The van der Waals surface area contributed by atoms with Crippen molar-refractivity contribution in [1.29, 1.82) is 0 Å². The summed E-state index contributed by atoms with van der Waals surface area (Å²) in [6, 6.07) is 8.65. The van der Waals surface area contributed by atoms with Gasteiger partial charge < -0.3 is 9.47 Å². The molecule has 1 heterocycles. The number of nitrogens with zero attached hydrogens (tertiary/aromatic N) is 2. The number of rotatable bonds is 6. The monoisotopic (exact) mass is 299 g/mol. The Bertz CT molecular complexity index is 657. The second-order valence-corrected chi connectivity index (χ2v) is 4.28. The fourth-order valence-electron chi connectivity index (χ4n) is 1.77. The largest absolute Gasteiger partial charge is 0.493 e. The first kappa shape index (κ1) is 15.5. The molecule has 22 heavy (non-hydrogen) atoms. The van der Waals surface area contributed by atoms with E-state index in [9.17, 15) is 4.79 Å². The fourth-order valence-corrected chi connectivity index (χ4v) is 1.77. The van der Waals surface area contributed by atoms with Crippen molar-refractivity contribution in [2.75, 3.05) is 13.7 Å². The molecule has 1 aromatic carbocycles. The van der Waals surface area contributed by atoms with E-state index < -0.39 is 0 Å². The standard InChI is InChI=1S/C16H17N3O3/c1-3-22-14-5-4-12(10-15(14)21-2)11-18-19-16(20)13-6-8-17-9-7-13/h4-11H,3H2,1-2H3,(H,19,20). The topological polar surface area (TPSA) is 72.8 Å². The molecule has 6 nitrogen and oxygen atoms in total. The summed E-state index contributed by atoms with van der Waals surface area (Å²) in [5, 5.41) is 3.93. The number of methoxy groups -OCH3 is 1. The molecule has 0 aliphatic carbocycles. The van der Waals surface area contributed by atoms with Gasteiger partial charge in [0.15, 0.2) is 11.5 Å². The van der Waals surface area contributed by atoms with E-state index in [1.807, 2.05) is 13.0 Å². The van der Waals surface area contributed by atoms with Gasteiger partial charge in [0.25, 0.3) is 5.91 Å². The van der Waals surface area contributed by atoms with Crippen LogP contribution in [0.4, 0.5) is 0 Å². The van der Waals surface area contributed by atoms with Crippen LogP contribution in [-0.2, 0) is 0 Å². The highest BCUT2D eigenvalue weighted by Gasteiger charge is 2.05. The number of hydrogen-bond donors (Lipinski definition) is 1. The number of benzene rings is 1. The molecular formula is C16H17N3O3. The molecule has 1 N–H and O–H groups in total. The maximum absolute atomic E-state index is 11.8. The summed E-state index contributed by atoms with van der Waals surface area (Å²) in [5.41, 5.74) is 3.74. The molecule has 0 radical (unpaired) electrons. The first-order valence-electron chi connectivity index (χ1n) is 6.79. The minimum atomic E-state index is -0.295. The van der Waals surface area contributed by atoms with Gasteiger partial charge in [0, 0.05) is 18.0 Å². The molecule has 0 fully saturated rings. The van der Waals surface area contributed by atoms with E-state index in [2.05, 4.69) is 15.5 Å². The molecule has 114 valence electrons. The second kappa shape index (κ2) is 7.78. The van der Waals surface area contributed by atoms with Crippen LogP contribution < -0.4 is 14.9 Å². The lowest BCUT2D eigenvalue weighted by Gasteiger charge is -2.09. The van der Waals surface area contributed by atoms with Crippen LogP contribution in [0.3, 0.4) is 0 Å². The molecule has 0 bridgehead atoms. The summed E-state index contributed by atoms with van der Waals surface area (Å²) in [7, 11) is 1.57. The van der Waals surface area contributed by atoms with Gasteiger partial charge in [0.1, 0.15) is 0 Å². The van der Waals surface area contributed by atoms with Crippen molar-refractivity contribution in [1.82, 2.24) is 10.4 Å². The van der Waals surface area contributed by atoms with Gasteiger partial charge in [-0.25, -0.2) is 5.43 Å². The third-order valence-corrected chi connectivity index (χ3v) is 2.81. The highest BCUT2D eigenvalue weighted by molar-refractivity contribution is 5.94. The van der Waals surface area contributed by atoms with Gasteiger partial charge in [0.05, 0.1) is 19.9 Å². The van der Waals surface area contributed by atoms with Gasteiger partial charge in [-0.2, -0.15) is 5.10 Å². The minimum absolute atomic E-state index is 0.295. The summed E-state index contributed by atoms with van der Waals surface area (Å²) < 4.78 is 10.7. The third-order valence-electron chi connectivity index (χ3n) is 2.81. The quantitative estimate of drug-likeness (QED) is 0.656. The maximum atomic E-state index is 11.8. The highest BCUT2D eigenvalue weighted by atomic mass is 16.5. The van der Waals surface area contributed by atoms with Crippen molar-refractivity contribution < 1.29 is 14.3 Å². The van der Waals surface area contributed by atoms with Crippen LogP contribution in [0.25, 0.3) is 0 Å². The van der Waals surface area contributed by atoms with E-state index in [1.165, 1.54) is 6.21 Å². The van der Waals surface area contributed by atoms with Crippen molar-refractivity contribution >= 4 is 12.1 Å². The van der Waals surface area contributed by atoms with E-state index >= 15 is 0 Å². The first-order chi connectivity index (χ1) is 10.7. The predicted octanol–water partition coefficient (Wildman–Crippen LogP) is 2.25. The Labute approximate surface area is 128 Å². The van der Waals surface area contributed by atoms with Crippen LogP contribution in [0.15, 0.2) is 47.8 Å². The van der Waals surface area contributed by atoms with Crippen LogP contribution in [0.1, 0.15) is 22.8 Å². The Morgan fingerprint density at radius 2 is 2.05 bits per heavy atom. The highest BCUT2D eigenvalue weighted by Crippen LogP contribution is 2.27. The zero-order valence-electron chi connectivity index (χ0n) is 12.4.